The van der Waals surface area contributed by atoms with Gasteiger partial charge in [0, 0.05) is 23.2 Å². The smallest absolute Gasteiger partial charge is 0.319 e. The van der Waals surface area contributed by atoms with E-state index >= 15 is 0 Å². The van der Waals surface area contributed by atoms with Gasteiger partial charge in [0.1, 0.15) is 0 Å². The van der Waals surface area contributed by atoms with Gasteiger partial charge < -0.3 is 16.0 Å². The molecule has 1 aromatic heterocycles. The first-order valence-corrected chi connectivity index (χ1v) is 7.91. The molecular formula is C16H21N3OS. The number of hydrogen-bond acceptors (Lipinski definition) is 3. The highest BCUT2D eigenvalue weighted by molar-refractivity contribution is 7.09. The van der Waals surface area contributed by atoms with E-state index < -0.39 is 0 Å². The molecule has 0 aliphatic rings. The first-order valence-electron chi connectivity index (χ1n) is 7.03. The Labute approximate surface area is 129 Å². The lowest BCUT2D eigenvalue weighted by Crippen LogP contribution is -2.30. The summed E-state index contributed by atoms with van der Waals surface area (Å²) >= 11 is 1.71. The van der Waals surface area contributed by atoms with Crippen molar-refractivity contribution in [2.45, 2.75) is 19.4 Å². The van der Waals surface area contributed by atoms with E-state index in [0.29, 0.717) is 6.54 Å². The molecule has 1 atom stereocenters. The molecule has 0 spiro atoms. The van der Waals surface area contributed by atoms with E-state index in [-0.39, 0.29) is 12.1 Å². The number of nitrogens with one attached hydrogen (secondary N) is 3. The lowest BCUT2D eigenvalue weighted by atomic mass is 10.1. The van der Waals surface area contributed by atoms with E-state index in [9.17, 15) is 4.79 Å². The SMILES string of the molecule is CNC(C)c1cccc(NC(=O)NCCc2cccs2)c1. The Balaban J connectivity index is 1.82. The summed E-state index contributed by atoms with van der Waals surface area (Å²) in [6, 6.07) is 12.1. The third-order valence-corrected chi connectivity index (χ3v) is 4.25. The van der Waals surface area contributed by atoms with Gasteiger partial charge in [-0.15, -0.1) is 11.3 Å². The Morgan fingerprint density at radius 2 is 2.14 bits per heavy atom. The predicted octanol–water partition coefficient (Wildman–Crippen LogP) is 3.39. The lowest BCUT2D eigenvalue weighted by molar-refractivity contribution is 0.252. The monoisotopic (exact) mass is 303 g/mol. The van der Waals surface area contributed by atoms with Gasteiger partial charge in [0.2, 0.25) is 0 Å². The Hall–Kier alpha value is -1.85. The van der Waals surface area contributed by atoms with E-state index in [1.54, 1.807) is 11.3 Å². The molecule has 0 saturated carbocycles. The summed E-state index contributed by atoms with van der Waals surface area (Å²) in [4.78, 5) is 13.1. The van der Waals surface area contributed by atoms with E-state index in [1.165, 1.54) is 4.88 Å². The molecule has 0 fully saturated rings. The summed E-state index contributed by atoms with van der Waals surface area (Å²) in [6.45, 7) is 2.72. The predicted molar refractivity (Wildman–Crippen MR) is 89.0 cm³/mol. The second kappa shape index (κ2) is 7.81. The van der Waals surface area contributed by atoms with Gasteiger partial charge in [0.25, 0.3) is 0 Å². The van der Waals surface area contributed by atoms with Crippen LogP contribution in [0.1, 0.15) is 23.4 Å². The second-order valence-electron chi connectivity index (χ2n) is 4.85. The van der Waals surface area contributed by atoms with Crippen LogP contribution in [0.3, 0.4) is 0 Å². The maximum atomic E-state index is 11.9. The van der Waals surface area contributed by atoms with Gasteiger partial charge in [-0.1, -0.05) is 18.2 Å². The number of carbonyl (C=O) groups excluding carboxylic acids is 1. The number of carbonyl (C=O) groups is 1. The van der Waals surface area contributed by atoms with Gasteiger partial charge in [-0.05, 0) is 49.5 Å². The number of thiophene rings is 1. The zero-order valence-corrected chi connectivity index (χ0v) is 13.2. The Kier molecular flexibility index (Phi) is 5.78. The molecular weight excluding hydrogens is 282 g/mol. The highest BCUT2D eigenvalue weighted by atomic mass is 32.1. The highest BCUT2D eigenvalue weighted by Gasteiger charge is 2.05. The van der Waals surface area contributed by atoms with Crippen molar-refractivity contribution in [3.05, 3.63) is 52.2 Å². The molecule has 0 aliphatic heterocycles. The van der Waals surface area contributed by atoms with Crippen molar-refractivity contribution in [3.63, 3.8) is 0 Å². The van der Waals surface area contributed by atoms with Crippen molar-refractivity contribution in [1.29, 1.82) is 0 Å². The van der Waals surface area contributed by atoms with Crippen LogP contribution in [0.25, 0.3) is 0 Å². The number of urea groups is 1. The fourth-order valence-corrected chi connectivity index (χ4v) is 2.69. The fourth-order valence-electron chi connectivity index (χ4n) is 1.98. The second-order valence-corrected chi connectivity index (χ2v) is 5.88. The molecule has 2 aromatic rings. The summed E-state index contributed by atoms with van der Waals surface area (Å²) in [5.41, 5.74) is 1.96. The molecule has 0 saturated heterocycles. The molecule has 21 heavy (non-hydrogen) atoms. The average Bonchev–Trinajstić information content (AvgIpc) is 3.00. The topological polar surface area (TPSA) is 53.2 Å². The molecule has 1 unspecified atom stereocenters. The van der Waals surface area contributed by atoms with E-state index in [0.717, 1.165) is 17.7 Å². The Morgan fingerprint density at radius 1 is 1.29 bits per heavy atom. The third kappa shape index (κ3) is 4.88. The number of hydrogen-bond donors (Lipinski definition) is 3. The van der Waals surface area contributed by atoms with Gasteiger partial charge in [-0.25, -0.2) is 4.79 Å². The lowest BCUT2D eigenvalue weighted by Gasteiger charge is -2.13. The maximum absolute atomic E-state index is 11.9. The molecule has 5 heteroatoms. The molecule has 0 bridgehead atoms. The molecule has 3 N–H and O–H groups in total. The van der Waals surface area contributed by atoms with Crippen molar-refractivity contribution in [3.8, 4) is 0 Å². The van der Waals surface area contributed by atoms with Crippen molar-refractivity contribution >= 4 is 23.1 Å². The summed E-state index contributed by atoms with van der Waals surface area (Å²) in [7, 11) is 1.92. The standard InChI is InChI=1S/C16H21N3OS/c1-12(17-2)13-5-3-6-14(11-13)19-16(20)18-9-8-15-7-4-10-21-15/h3-7,10-12,17H,8-9H2,1-2H3,(H2,18,19,20). The third-order valence-electron chi connectivity index (χ3n) is 3.31. The minimum Gasteiger partial charge on any atom is -0.338 e. The van der Waals surface area contributed by atoms with Crippen LogP contribution in [0.4, 0.5) is 10.5 Å². The normalized spacial score (nSPS) is 11.9. The quantitative estimate of drug-likeness (QED) is 0.766. The molecule has 2 amide bonds. The van der Waals surface area contributed by atoms with Crippen LogP contribution in [0, 0.1) is 0 Å². The van der Waals surface area contributed by atoms with Crippen molar-refractivity contribution in [2.75, 3.05) is 18.9 Å². The van der Waals surface area contributed by atoms with Crippen LogP contribution < -0.4 is 16.0 Å². The molecule has 0 aliphatic carbocycles. The summed E-state index contributed by atoms with van der Waals surface area (Å²) in [5.74, 6) is 0. The zero-order valence-electron chi connectivity index (χ0n) is 12.3. The summed E-state index contributed by atoms with van der Waals surface area (Å²) < 4.78 is 0. The van der Waals surface area contributed by atoms with Crippen LogP contribution >= 0.6 is 11.3 Å². The van der Waals surface area contributed by atoms with E-state index in [2.05, 4.69) is 28.9 Å². The minimum absolute atomic E-state index is 0.166. The van der Waals surface area contributed by atoms with Gasteiger partial charge in [0.15, 0.2) is 0 Å². The zero-order chi connectivity index (χ0) is 15.1. The number of amides is 2. The molecule has 0 radical (unpaired) electrons. The number of benzene rings is 1. The molecule has 2 rings (SSSR count). The number of anilines is 1. The number of rotatable bonds is 6. The highest BCUT2D eigenvalue weighted by Crippen LogP contribution is 2.16. The Morgan fingerprint density at radius 3 is 2.86 bits per heavy atom. The van der Waals surface area contributed by atoms with E-state index in [4.69, 9.17) is 0 Å². The van der Waals surface area contributed by atoms with Crippen LogP contribution in [0.15, 0.2) is 41.8 Å². The van der Waals surface area contributed by atoms with E-state index in [1.807, 2.05) is 42.8 Å². The van der Waals surface area contributed by atoms with Gasteiger partial charge >= 0.3 is 6.03 Å². The first-order chi connectivity index (χ1) is 10.2. The molecule has 1 heterocycles. The van der Waals surface area contributed by atoms with Crippen LogP contribution in [-0.2, 0) is 6.42 Å². The van der Waals surface area contributed by atoms with Gasteiger partial charge in [-0.3, -0.25) is 0 Å². The van der Waals surface area contributed by atoms with Crippen LogP contribution in [-0.4, -0.2) is 19.6 Å². The largest absolute Gasteiger partial charge is 0.338 e. The van der Waals surface area contributed by atoms with Gasteiger partial charge in [-0.2, -0.15) is 0 Å². The van der Waals surface area contributed by atoms with Crippen LogP contribution in [0.2, 0.25) is 0 Å². The maximum Gasteiger partial charge on any atom is 0.319 e. The van der Waals surface area contributed by atoms with Crippen molar-refractivity contribution in [1.82, 2.24) is 10.6 Å². The van der Waals surface area contributed by atoms with Gasteiger partial charge in [0.05, 0.1) is 0 Å². The van der Waals surface area contributed by atoms with Crippen molar-refractivity contribution < 1.29 is 4.79 Å². The Bertz CT molecular complexity index is 569. The average molecular weight is 303 g/mol. The minimum atomic E-state index is -0.166. The first kappa shape index (κ1) is 15.5. The molecule has 112 valence electrons. The summed E-state index contributed by atoms with van der Waals surface area (Å²) in [5, 5.41) is 11.0. The molecule has 4 nitrogen and oxygen atoms in total. The van der Waals surface area contributed by atoms with Crippen molar-refractivity contribution in [2.24, 2.45) is 0 Å². The fraction of sp³-hybridized carbons (Fsp3) is 0.312. The summed E-state index contributed by atoms with van der Waals surface area (Å²) in [6.07, 6.45) is 0.863. The van der Waals surface area contributed by atoms with Crippen LogP contribution in [0.5, 0.6) is 0 Å². The molecule has 1 aromatic carbocycles.